The maximum absolute atomic E-state index is 11.4. The molecule has 0 bridgehead atoms. The predicted molar refractivity (Wildman–Crippen MR) is 62.2 cm³/mol. The average Bonchev–Trinajstić information content (AvgIpc) is 2.63. The zero-order chi connectivity index (χ0) is 12.4. The van der Waals surface area contributed by atoms with Gasteiger partial charge in [0.25, 0.3) is 5.56 Å². The smallest absolute Gasteiger partial charge is 0.254 e. The summed E-state index contributed by atoms with van der Waals surface area (Å²) in [6.07, 6.45) is 3.27. The van der Waals surface area contributed by atoms with Crippen molar-refractivity contribution >= 4 is 0 Å². The van der Waals surface area contributed by atoms with Crippen LogP contribution < -0.4 is 10.3 Å². The summed E-state index contributed by atoms with van der Waals surface area (Å²) >= 11 is 0. The Bertz CT molecular complexity index is 571. The molecule has 6 heteroatoms. The molecule has 1 N–H and O–H groups in total. The third kappa shape index (κ3) is 2.72. The van der Waals surface area contributed by atoms with Gasteiger partial charge in [-0.05, 0) is 0 Å². The minimum atomic E-state index is -0.220. The first-order valence-electron chi connectivity index (χ1n) is 5.32. The Morgan fingerprint density at radius 2 is 2.24 bits per heavy atom. The fourth-order valence-electron chi connectivity index (χ4n) is 1.35. The van der Waals surface area contributed by atoms with Crippen LogP contribution in [0.2, 0.25) is 0 Å². The van der Waals surface area contributed by atoms with E-state index in [0.717, 1.165) is 0 Å². The molecule has 0 aliphatic rings. The Morgan fingerprint density at radius 1 is 1.47 bits per heavy atom. The molecular formula is C11H14N4O2. The molecule has 2 rings (SSSR count). The van der Waals surface area contributed by atoms with Gasteiger partial charge in [-0.25, -0.2) is 0 Å². The van der Waals surface area contributed by atoms with Crippen molar-refractivity contribution in [3.05, 3.63) is 34.6 Å². The van der Waals surface area contributed by atoms with E-state index in [2.05, 4.69) is 15.1 Å². The van der Waals surface area contributed by atoms with Crippen LogP contribution in [0.25, 0.3) is 0 Å². The van der Waals surface area contributed by atoms with Gasteiger partial charge in [-0.15, -0.1) is 0 Å². The molecule has 0 spiro atoms. The Hall–Kier alpha value is -2.11. The maximum atomic E-state index is 11.4. The summed E-state index contributed by atoms with van der Waals surface area (Å²) in [7, 11) is 1.79. The number of aromatic amines is 1. The number of hydrogen-bond acceptors (Lipinski definition) is 4. The molecule has 2 aromatic heterocycles. The van der Waals surface area contributed by atoms with Crippen LogP contribution in [0.3, 0.4) is 0 Å². The lowest BCUT2D eigenvalue weighted by Crippen LogP contribution is -2.11. The van der Waals surface area contributed by atoms with Gasteiger partial charge in [-0.2, -0.15) is 10.1 Å². The largest absolute Gasteiger partial charge is 0.435 e. The highest BCUT2D eigenvalue weighted by Gasteiger charge is 2.07. The summed E-state index contributed by atoms with van der Waals surface area (Å²) in [4.78, 5) is 18.3. The van der Waals surface area contributed by atoms with Gasteiger partial charge in [-0.1, -0.05) is 13.8 Å². The number of nitrogens with one attached hydrogen (secondary N) is 1. The predicted octanol–water partition coefficient (Wildman–Crippen LogP) is 1.42. The molecule has 0 atom stereocenters. The quantitative estimate of drug-likeness (QED) is 0.871. The van der Waals surface area contributed by atoms with Crippen molar-refractivity contribution in [2.75, 3.05) is 0 Å². The third-order valence-corrected chi connectivity index (χ3v) is 2.19. The average molecular weight is 234 g/mol. The number of H-pyrrole nitrogens is 1. The number of hydrogen-bond donors (Lipinski definition) is 1. The van der Waals surface area contributed by atoms with Crippen molar-refractivity contribution in [2.24, 2.45) is 7.05 Å². The van der Waals surface area contributed by atoms with Gasteiger partial charge >= 0.3 is 0 Å². The zero-order valence-corrected chi connectivity index (χ0v) is 9.97. The Labute approximate surface area is 98.3 Å². The van der Waals surface area contributed by atoms with E-state index in [1.165, 1.54) is 6.07 Å². The van der Waals surface area contributed by atoms with Crippen LogP contribution in [-0.4, -0.2) is 19.7 Å². The van der Waals surface area contributed by atoms with Crippen molar-refractivity contribution in [3.8, 4) is 11.6 Å². The maximum Gasteiger partial charge on any atom is 0.254 e. The van der Waals surface area contributed by atoms with Gasteiger partial charge in [0.15, 0.2) is 5.75 Å². The molecule has 0 aliphatic heterocycles. The molecule has 0 saturated heterocycles. The van der Waals surface area contributed by atoms with Crippen LogP contribution in [0.4, 0.5) is 0 Å². The van der Waals surface area contributed by atoms with Crippen molar-refractivity contribution in [1.29, 1.82) is 0 Å². The van der Waals surface area contributed by atoms with Crippen LogP contribution in [0.15, 0.2) is 23.3 Å². The molecule has 2 heterocycles. The molecule has 0 aromatic carbocycles. The molecule has 90 valence electrons. The molecule has 0 amide bonds. The van der Waals surface area contributed by atoms with Gasteiger partial charge < -0.3 is 9.72 Å². The fourth-order valence-corrected chi connectivity index (χ4v) is 1.35. The van der Waals surface area contributed by atoms with E-state index < -0.39 is 0 Å². The molecule has 0 saturated carbocycles. The lowest BCUT2D eigenvalue weighted by Gasteiger charge is -2.06. The normalized spacial score (nSPS) is 10.8. The summed E-state index contributed by atoms with van der Waals surface area (Å²) in [5.41, 5.74) is -0.220. The Kier molecular flexibility index (Phi) is 2.95. The van der Waals surface area contributed by atoms with Crippen molar-refractivity contribution in [2.45, 2.75) is 19.8 Å². The van der Waals surface area contributed by atoms with Crippen LogP contribution in [0, 0.1) is 0 Å². The van der Waals surface area contributed by atoms with Crippen molar-refractivity contribution < 1.29 is 4.74 Å². The molecule has 17 heavy (non-hydrogen) atoms. The van der Waals surface area contributed by atoms with Gasteiger partial charge in [-0.3, -0.25) is 9.48 Å². The monoisotopic (exact) mass is 234 g/mol. The van der Waals surface area contributed by atoms with E-state index in [0.29, 0.717) is 11.6 Å². The van der Waals surface area contributed by atoms with E-state index in [1.807, 2.05) is 13.8 Å². The van der Waals surface area contributed by atoms with Crippen LogP contribution >= 0.6 is 0 Å². The second kappa shape index (κ2) is 4.40. The van der Waals surface area contributed by atoms with Gasteiger partial charge in [0.05, 0.1) is 18.5 Å². The lowest BCUT2D eigenvalue weighted by atomic mass is 10.2. The molecule has 0 unspecified atom stereocenters. The topological polar surface area (TPSA) is 72.8 Å². The standard InChI is InChI=1S/C11H14N4O2/c1-7(2)11-13-9(16)4-10(14-11)17-8-5-12-15(3)6-8/h4-7H,1-3H3,(H,13,14,16). The van der Waals surface area contributed by atoms with Crippen LogP contribution in [0.1, 0.15) is 25.6 Å². The molecule has 0 aliphatic carbocycles. The number of aromatic nitrogens is 4. The highest BCUT2D eigenvalue weighted by atomic mass is 16.5. The number of aryl methyl sites for hydroxylation is 1. The van der Waals surface area contributed by atoms with E-state index in [9.17, 15) is 4.79 Å². The van der Waals surface area contributed by atoms with Crippen molar-refractivity contribution in [1.82, 2.24) is 19.7 Å². The third-order valence-electron chi connectivity index (χ3n) is 2.19. The minimum Gasteiger partial charge on any atom is -0.435 e. The molecule has 2 aromatic rings. The van der Waals surface area contributed by atoms with E-state index >= 15 is 0 Å². The highest BCUT2D eigenvalue weighted by molar-refractivity contribution is 5.21. The van der Waals surface area contributed by atoms with Crippen molar-refractivity contribution in [3.63, 3.8) is 0 Å². The zero-order valence-electron chi connectivity index (χ0n) is 9.97. The Morgan fingerprint density at radius 3 is 2.82 bits per heavy atom. The lowest BCUT2D eigenvalue weighted by molar-refractivity contribution is 0.455. The minimum absolute atomic E-state index is 0.139. The summed E-state index contributed by atoms with van der Waals surface area (Å²) < 4.78 is 7.07. The number of rotatable bonds is 3. The van der Waals surface area contributed by atoms with Crippen LogP contribution in [-0.2, 0) is 7.05 Å². The second-order valence-corrected chi connectivity index (χ2v) is 4.08. The first-order chi connectivity index (χ1) is 8.04. The summed E-state index contributed by atoms with van der Waals surface area (Å²) in [6, 6.07) is 1.32. The molecule has 0 radical (unpaired) electrons. The second-order valence-electron chi connectivity index (χ2n) is 4.08. The highest BCUT2D eigenvalue weighted by Crippen LogP contribution is 2.18. The molecular weight excluding hydrogens is 220 g/mol. The molecule has 6 nitrogen and oxygen atoms in total. The number of nitrogens with zero attached hydrogens (tertiary/aromatic N) is 3. The van der Waals surface area contributed by atoms with E-state index in [4.69, 9.17) is 4.74 Å². The van der Waals surface area contributed by atoms with E-state index in [1.54, 1.807) is 24.1 Å². The van der Waals surface area contributed by atoms with Gasteiger partial charge in [0.1, 0.15) is 5.82 Å². The van der Waals surface area contributed by atoms with Gasteiger partial charge in [0, 0.05) is 13.0 Å². The fraction of sp³-hybridized carbons (Fsp3) is 0.364. The SMILES string of the molecule is CC(C)c1nc(Oc2cnn(C)c2)cc(=O)[nH]1. The summed E-state index contributed by atoms with van der Waals surface area (Å²) in [6.45, 7) is 3.90. The van der Waals surface area contributed by atoms with Crippen LogP contribution in [0.5, 0.6) is 11.6 Å². The molecule has 0 fully saturated rings. The number of ether oxygens (including phenoxy) is 1. The van der Waals surface area contributed by atoms with Gasteiger partial charge in [0.2, 0.25) is 5.88 Å². The Balaban J connectivity index is 2.29. The first-order valence-corrected chi connectivity index (χ1v) is 5.32. The first kappa shape index (κ1) is 11.4. The summed E-state index contributed by atoms with van der Waals surface area (Å²) in [5.74, 6) is 1.59. The van der Waals surface area contributed by atoms with E-state index in [-0.39, 0.29) is 17.4 Å². The summed E-state index contributed by atoms with van der Waals surface area (Å²) in [5, 5.41) is 3.97.